The van der Waals surface area contributed by atoms with E-state index in [9.17, 15) is 0 Å². The summed E-state index contributed by atoms with van der Waals surface area (Å²) < 4.78 is 22.4. The Hall–Kier alpha value is -2.21. The number of rotatable bonds is 20. The second-order valence-electron chi connectivity index (χ2n) is 11.8. The smallest absolute Gasteiger partial charge is 0.413 e. The van der Waals surface area contributed by atoms with Crippen molar-refractivity contribution in [2.75, 3.05) is 0 Å². The molecule has 3 rings (SSSR count). The van der Waals surface area contributed by atoms with E-state index in [1.807, 2.05) is 64.6 Å². The van der Waals surface area contributed by atoms with E-state index in [-0.39, 0.29) is 5.54 Å². The van der Waals surface area contributed by atoms with Crippen LogP contribution in [0.15, 0.2) is 66.7 Å². The first-order chi connectivity index (χ1) is 21.3. The van der Waals surface area contributed by atoms with Crippen LogP contribution in [0.25, 0.3) is 0 Å². The lowest BCUT2D eigenvalue weighted by molar-refractivity contribution is -0.149. The lowest BCUT2D eigenvalue weighted by atomic mass is 9.84. The Bertz CT molecular complexity index is 1240. The van der Waals surface area contributed by atoms with Gasteiger partial charge in [-0.05, 0) is 86.0 Å². The van der Waals surface area contributed by atoms with Gasteiger partial charge < -0.3 is 14.2 Å². The maximum atomic E-state index is 7.65. The lowest BCUT2D eigenvalue weighted by Crippen LogP contribution is -2.59. The van der Waals surface area contributed by atoms with Gasteiger partial charge in [-0.3, -0.25) is 0 Å². The van der Waals surface area contributed by atoms with E-state index in [1.54, 1.807) is 0 Å². The van der Waals surface area contributed by atoms with Crippen molar-refractivity contribution in [1.82, 2.24) is 3.93 Å². The van der Waals surface area contributed by atoms with Crippen LogP contribution in [0.4, 0.5) is 0 Å². The highest BCUT2D eigenvalue weighted by Gasteiger charge is 2.50. The molecule has 0 saturated heterocycles. The fourth-order valence-corrected chi connectivity index (χ4v) is 7.36. The van der Waals surface area contributed by atoms with Crippen molar-refractivity contribution in [2.24, 2.45) is 0 Å². The zero-order chi connectivity index (χ0) is 32.0. The van der Waals surface area contributed by atoms with Crippen molar-refractivity contribution < 1.29 is 14.2 Å². The molecule has 0 aromatic heterocycles. The average Bonchev–Trinajstić information content (AvgIpc) is 3.01. The predicted molar refractivity (Wildman–Crippen MR) is 189 cm³/mol. The number of hydrogen-bond donors (Lipinski definition) is 0. The quantitative estimate of drug-likeness (QED) is 0.0512. The minimum Gasteiger partial charge on any atom is -0.457 e. The number of halogens is 2. The van der Waals surface area contributed by atoms with Gasteiger partial charge in [-0.25, -0.2) is 0 Å². The molecule has 0 aliphatic rings. The van der Waals surface area contributed by atoms with E-state index in [2.05, 4.69) is 63.8 Å². The zero-order valence-electron chi connectivity index (χ0n) is 27.8. The molecule has 44 heavy (non-hydrogen) atoms. The standard InChI is InChI=1S/C38H53BrClNO3/c1-7-19-30-29-35(33(20-8-2)34(21-9-3)36(30)42-31-22-15-13-16-23-31)44-38(40,43-32-24-17-14-18-25-32)41(39)37(26-10-4,27-11-5)28-12-6/h13-18,22-25,29H,7-12,19-21,26-28H2,1-6H3. The van der Waals surface area contributed by atoms with Gasteiger partial charge in [-0.1, -0.05) is 116 Å². The first-order valence-corrected chi connectivity index (χ1v) is 17.9. The maximum absolute atomic E-state index is 7.65. The van der Waals surface area contributed by atoms with E-state index >= 15 is 0 Å². The highest BCUT2D eigenvalue weighted by Crippen LogP contribution is 2.46. The van der Waals surface area contributed by atoms with Crippen LogP contribution < -0.4 is 14.2 Å². The molecule has 0 amide bonds. The van der Waals surface area contributed by atoms with Gasteiger partial charge in [0.2, 0.25) is 0 Å². The topological polar surface area (TPSA) is 30.9 Å². The maximum Gasteiger partial charge on any atom is 0.413 e. The van der Waals surface area contributed by atoms with Gasteiger partial charge >= 0.3 is 5.37 Å². The summed E-state index contributed by atoms with van der Waals surface area (Å²) in [6, 6.07) is 22.0. The fraction of sp³-hybridized carbons (Fsp3) is 0.526. The first-order valence-electron chi connectivity index (χ1n) is 16.8. The van der Waals surface area contributed by atoms with Crippen LogP contribution in [0.1, 0.15) is 116 Å². The average molecular weight is 687 g/mol. The monoisotopic (exact) mass is 685 g/mol. The summed E-state index contributed by atoms with van der Waals surface area (Å²) in [5, 5.41) is -1.64. The molecule has 0 N–H and O–H groups in total. The van der Waals surface area contributed by atoms with Crippen LogP contribution in [0.5, 0.6) is 23.0 Å². The van der Waals surface area contributed by atoms with Crippen LogP contribution in [0.3, 0.4) is 0 Å². The van der Waals surface area contributed by atoms with Crippen molar-refractivity contribution >= 4 is 27.7 Å². The zero-order valence-corrected chi connectivity index (χ0v) is 30.1. The van der Waals surface area contributed by atoms with E-state index in [1.165, 1.54) is 5.56 Å². The summed E-state index contributed by atoms with van der Waals surface area (Å²) >= 11 is 11.6. The fourth-order valence-electron chi connectivity index (χ4n) is 6.33. The number of nitrogens with zero attached hydrogens (tertiary/aromatic N) is 1. The molecule has 0 aliphatic carbocycles. The van der Waals surface area contributed by atoms with E-state index in [4.69, 9.17) is 25.8 Å². The van der Waals surface area contributed by atoms with Gasteiger partial charge in [0.15, 0.2) is 0 Å². The summed E-state index contributed by atoms with van der Waals surface area (Å²) in [5.74, 6) is 3.20. The van der Waals surface area contributed by atoms with Crippen molar-refractivity contribution in [2.45, 2.75) is 130 Å². The van der Waals surface area contributed by atoms with Gasteiger partial charge in [-0.15, -0.1) is 3.93 Å². The molecule has 0 bridgehead atoms. The Morgan fingerprint density at radius 3 is 1.64 bits per heavy atom. The Morgan fingerprint density at radius 2 is 1.14 bits per heavy atom. The molecule has 0 spiro atoms. The molecule has 0 fully saturated rings. The molecule has 0 saturated carbocycles. The number of para-hydroxylation sites is 2. The lowest BCUT2D eigenvalue weighted by Gasteiger charge is -2.47. The van der Waals surface area contributed by atoms with Gasteiger partial charge in [-0.2, -0.15) is 0 Å². The van der Waals surface area contributed by atoms with E-state index in [0.717, 1.165) is 105 Å². The van der Waals surface area contributed by atoms with Crippen LogP contribution in [0.2, 0.25) is 0 Å². The molecular weight excluding hydrogens is 634 g/mol. The van der Waals surface area contributed by atoms with Gasteiger partial charge in [0.1, 0.15) is 23.0 Å². The summed E-state index contributed by atoms with van der Waals surface area (Å²) in [5.41, 5.74) is 3.20. The molecule has 1 atom stereocenters. The number of ether oxygens (including phenoxy) is 3. The molecule has 1 unspecified atom stereocenters. The normalized spacial score (nSPS) is 13.1. The Kier molecular flexibility index (Phi) is 14.9. The summed E-state index contributed by atoms with van der Waals surface area (Å²) in [6.07, 6.45) is 11.5. The number of alkyl halides is 1. The first kappa shape index (κ1) is 36.3. The molecule has 3 aromatic rings. The molecule has 3 aromatic carbocycles. The van der Waals surface area contributed by atoms with E-state index < -0.39 is 5.37 Å². The number of benzene rings is 3. The van der Waals surface area contributed by atoms with Crippen LogP contribution in [0, 0.1) is 0 Å². The molecule has 6 heteroatoms. The van der Waals surface area contributed by atoms with Crippen molar-refractivity contribution in [1.29, 1.82) is 0 Å². The summed E-state index contributed by atoms with van der Waals surface area (Å²) in [4.78, 5) is 0. The molecule has 0 aliphatic heterocycles. The Morgan fingerprint density at radius 1 is 0.636 bits per heavy atom. The van der Waals surface area contributed by atoms with Gasteiger partial charge in [0, 0.05) is 32.8 Å². The molecule has 4 nitrogen and oxygen atoms in total. The molecular formula is C38H53BrClNO3. The second kappa shape index (κ2) is 18.1. The predicted octanol–water partition coefficient (Wildman–Crippen LogP) is 12.4. The SMILES string of the molecule is CCCc1cc(OC(Cl)(Oc2ccccc2)N(Br)C(CCC)(CCC)CCC)c(CCC)c(CCC)c1Oc1ccccc1. The van der Waals surface area contributed by atoms with Crippen molar-refractivity contribution in [3.8, 4) is 23.0 Å². The summed E-state index contributed by atoms with van der Waals surface area (Å²) in [7, 11) is 0. The van der Waals surface area contributed by atoms with Gasteiger partial charge in [0.05, 0.1) is 0 Å². The molecule has 0 heterocycles. The molecule has 242 valence electrons. The third-order valence-electron chi connectivity index (χ3n) is 8.04. The highest BCUT2D eigenvalue weighted by atomic mass is 79.9. The second-order valence-corrected chi connectivity index (χ2v) is 12.9. The Balaban J connectivity index is 2.26. The Labute approximate surface area is 280 Å². The van der Waals surface area contributed by atoms with Crippen LogP contribution in [-0.2, 0) is 19.3 Å². The van der Waals surface area contributed by atoms with Gasteiger partial charge in [0.25, 0.3) is 0 Å². The van der Waals surface area contributed by atoms with Crippen molar-refractivity contribution in [3.05, 3.63) is 83.4 Å². The number of aryl methyl sites for hydroxylation is 1. The van der Waals surface area contributed by atoms with Crippen molar-refractivity contribution in [3.63, 3.8) is 0 Å². The minimum absolute atomic E-state index is 0.255. The summed E-state index contributed by atoms with van der Waals surface area (Å²) in [6.45, 7) is 13.3. The third kappa shape index (κ3) is 9.17. The van der Waals surface area contributed by atoms with E-state index in [0.29, 0.717) is 5.75 Å². The third-order valence-corrected chi connectivity index (χ3v) is 9.78. The van der Waals surface area contributed by atoms with Crippen LogP contribution >= 0.6 is 27.7 Å². The minimum atomic E-state index is -1.64. The molecule has 0 radical (unpaired) electrons. The number of hydrogen-bond acceptors (Lipinski definition) is 4. The largest absolute Gasteiger partial charge is 0.457 e. The van der Waals surface area contributed by atoms with Crippen LogP contribution in [-0.4, -0.2) is 14.8 Å². The highest BCUT2D eigenvalue weighted by molar-refractivity contribution is 9.07.